The summed E-state index contributed by atoms with van der Waals surface area (Å²) in [7, 11) is 1.62. The standard InChI is InChI=1S/C22H29NO3/c1-6-22(21(24)25,20-14-13-19(26-5)15-16(20)4)17-9-11-18(12-10-17)23(7-2)8-3/h9-15H,6-8H2,1-5H3,(H,24,25). The Hall–Kier alpha value is -2.49. The number of ether oxygens (including phenoxy) is 1. The van der Waals surface area contributed by atoms with E-state index in [1.807, 2.05) is 56.3 Å². The van der Waals surface area contributed by atoms with Crippen molar-refractivity contribution in [2.45, 2.75) is 39.5 Å². The average Bonchev–Trinajstić information content (AvgIpc) is 2.65. The predicted octanol–water partition coefficient (Wildman–Crippen LogP) is 4.63. The molecular weight excluding hydrogens is 326 g/mol. The van der Waals surface area contributed by atoms with Crippen molar-refractivity contribution in [1.82, 2.24) is 0 Å². The van der Waals surface area contributed by atoms with Crippen LogP contribution in [0.5, 0.6) is 5.75 Å². The van der Waals surface area contributed by atoms with Crippen molar-refractivity contribution in [2.75, 3.05) is 25.1 Å². The number of carbonyl (C=O) groups is 1. The first-order valence-corrected chi connectivity index (χ1v) is 9.18. The van der Waals surface area contributed by atoms with E-state index >= 15 is 0 Å². The topological polar surface area (TPSA) is 49.8 Å². The van der Waals surface area contributed by atoms with Gasteiger partial charge in [-0.05, 0) is 68.1 Å². The quantitative estimate of drug-likeness (QED) is 0.750. The largest absolute Gasteiger partial charge is 0.497 e. The molecule has 0 spiro atoms. The Morgan fingerprint density at radius 3 is 2.12 bits per heavy atom. The van der Waals surface area contributed by atoms with E-state index in [1.165, 1.54) is 0 Å². The Labute approximate surface area is 156 Å². The van der Waals surface area contributed by atoms with Gasteiger partial charge >= 0.3 is 5.97 Å². The summed E-state index contributed by atoms with van der Waals surface area (Å²) in [5.41, 5.74) is 2.57. The Morgan fingerprint density at radius 2 is 1.69 bits per heavy atom. The van der Waals surface area contributed by atoms with Crippen LogP contribution < -0.4 is 9.64 Å². The zero-order valence-electron chi connectivity index (χ0n) is 16.4. The van der Waals surface area contributed by atoms with Crippen LogP contribution in [-0.4, -0.2) is 31.3 Å². The summed E-state index contributed by atoms with van der Waals surface area (Å²) >= 11 is 0. The summed E-state index contributed by atoms with van der Waals surface area (Å²) in [6, 6.07) is 13.6. The number of benzene rings is 2. The molecule has 0 fully saturated rings. The first kappa shape index (κ1) is 19.8. The fourth-order valence-electron chi connectivity index (χ4n) is 3.73. The fourth-order valence-corrected chi connectivity index (χ4v) is 3.73. The molecule has 0 saturated heterocycles. The number of rotatable bonds is 8. The molecule has 2 aromatic carbocycles. The Bertz CT molecular complexity index is 750. The molecule has 0 radical (unpaired) electrons. The number of aryl methyl sites for hydroxylation is 1. The molecule has 0 saturated carbocycles. The molecule has 0 aliphatic rings. The number of carboxylic acid groups (broad SMARTS) is 1. The van der Waals surface area contributed by atoms with Crippen LogP contribution in [0.25, 0.3) is 0 Å². The number of methoxy groups -OCH3 is 1. The number of anilines is 1. The van der Waals surface area contributed by atoms with E-state index in [9.17, 15) is 9.90 Å². The number of hydrogen-bond donors (Lipinski definition) is 1. The van der Waals surface area contributed by atoms with Crippen molar-refractivity contribution >= 4 is 11.7 Å². The highest BCUT2D eigenvalue weighted by Gasteiger charge is 2.41. The predicted molar refractivity (Wildman–Crippen MR) is 106 cm³/mol. The summed E-state index contributed by atoms with van der Waals surface area (Å²) in [5, 5.41) is 10.2. The second kappa shape index (κ2) is 8.26. The van der Waals surface area contributed by atoms with Crippen molar-refractivity contribution in [3.8, 4) is 5.75 Å². The van der Waals surface area contributed by atoms with Crippen LogP contribution in [0.3, 0.4) is 0 Å². The van der Waals surface area contributed by atoms with Crippen LogP contribution in [-0.2, 0) is 10.2 Å². The van der Waals surface area contributed by atoms with Gasteiger partial charge in [-0.25, -0.2) is 0 Å². The molecule has 1 unspecified atom stereocenters. The second-order valence-corrected chi connectivity index (χ2v) is 6.46. The van der Waals surface area contributed by atoms with Gasteiger partial charge in [-0.3, -0.25) is 4.79 Å². The summed E-state index contributed by atoms with van der Waals surface area (Å²) < 4.78 is 5.28. The van der Waals surface area contributed by atoms with Crippen molar-refractivity contribution in [1.29, 1.82) is 0 Å². The van der Waals surface area contributed by atoms with Crippen molar-refractivity contribution in [2.24, 2.45) is 0 Å². The van der Waals surface area contributed by atoms with E-state index in [0.29, 0.717) is 6.42 Å². The van der Waals surface area contributed by atoms with Gasteiger partial charge in [-0.1, -0.05) is 25.1 Å². The van der Waals surface area contributed by atoms with Crippen molar-refractivity contribution < 1.29 is 14.6 Å². The minimum atomic E-state index is -1.07. The van der Waals surface area contributed by atoms with Crippen LogP contribution in [0.1, 0.15) is 43.9 Å². The average molecular weight is 355 g/mol. The fraction of sp³-hybridized carbons (Fsp3) is 0.409. The molecule has 0 amide bonds. The zero-order chi connectivity index (χ0) is 19.3. The molecule has 0 aromatic heterocycles. The van der Waals surface area contributed by atoms with Gasteiger partial charge in [0.25, 0.3) is 0 Å². The number of aliphatic carboxylic acids is 1. The normalized spacial score (nSPS) is 13.1. The highest BCUT2D eigenvalue weighted by atomic mass is 16.5. The molecule has 1 atom stereocenters. The molecule has 0 aliphatic carbocycles. The third-order valence-corrected chi connectivity index (χ3v) is 5.28. The lowest BCUT2D eigenvalue weighted by Gasteiger charge is -2.32. The molecule has 26 heavy (non-hydrogen) atoms. The SMILES string of the molecule is CCN(CC)c1ccc(C(CC)(C(=O)O)c2ccc(OC)cc2C)cc1. The van der Waals surface area contributed by atoms with Gasteiger partial charge in [0, 0.05) is 18.8 Å². The maximum atomic E-state index is 12.4. The highest BCUT2D eigenvalue weighted by molar-refractivity contribution is 5.87. The maximum Gasteiger partial charge on any atom is 0.318 e. The molecule has 140 valence electrons. The van der Waals surface area contributed by atoms with Crippen LogP contribution in [0, 0.1) is 6.92 Å². The van der Waals surface area contributed by atoms with E-state index < -0.39 is 11.4 Å². The first-order chi connectivity index (χ1) is 12.4. The monoisotopic (exact) mass is 355 g/mol. The third kappa shape index (κ3) is 3.41. The van der Waals surface area contributed by atoms with Gasteiger partial charge < -0.3 is 14.7 Å². The van der Waals surface area contributed by atoms with E-state index in [1.54, 1.807) is 7.11 Å². The maximum absolute atomic E-state index is 12.4. The lowest BCUT2D eigenvalue weighted by Crippen LogP contribution is -2.37. The van der Waals surface area contributed by atoms with E-state index in [-0.39, 0.29) is 0 Å². The van der Waals surface area contributed by atoms with Gasteiger partial charge in [-0.15, -0.1) is 0 Å². The molecule has 4 heteroatoms. The Balaban J connectivity index is 2.59. The summed E-state index contributed by atoms with van der Waals surface area (Å²) in [5.74, 6) is -0.0950. The van der Waals surface area contributed by atoms with Crippen molar-refractivity contribution in [3.05, 3.63) is 59.2 Å². The summed E-state index contributed by atoms with van der Waals surface area (Å²) in [6.07, 6.45) is 0.472. The minimum absolute atomic E-state index is 0.472. The molecule has 0 bridgehead atoms. The van der Waals surface area contributed by atoms with Gasteiger partial charge in [0.1, 0.15) is 11.2 Å². The van der Waals surface area contributed by atoms with E-state index in [4.69, 9.17) is 4.74 Å². The Kier molecular flexibility index (Phi) is 6.30. The lowest BCUT2D eigenvalue weighted by molar-refractivity contribution is -0.142. The van der Waals surface area contributed by atoms with Crippen molar-refractivity contribution in [3.63, 3.8) is 0 Å². The summed E-state index contributed by atoms with van der Waals surface area (Å²) in [4.78, 5) is 14.7. The molecule has 4 nitrogen and oxygen atoms in total. The molecule has 0 heterocycles. The van der Waals surface area contributed by atoms with Gasteiger partial charge in [-0.2, -0.15) is 0 Å². The first-order valence-electron chi connectivity index (χ1n) is 9.18. The molecule has 2 rings (SSSR count). The smallest absolute Gasteiger partial charge is 0.318 e. The van der Waals surface area contributed by atoms with Crippen LogP contribution in [0.4, 0.5) is 5.69 Å². The van der Waals surface area contributed by atoms with E-state index in [0.717, 1.165) is 41.2 Å². The van der Waals surface area contributed by atoms with Gasteiger partial charge in [0.2, 0.25) is 0 Å². The summed E-state index contributed by atoms with van der Waals surface area (Å²) in [6.45, 7) is 9.94. The van der Waals surface area contributed by atoms with Crippen LogP contribution >= 0.6 is 0 Å². The highest BCUT2D eigenvalue weighted by Crippen LogP contribution is 2.39. The molecular formula is C22H29NO3. The number of carboxylic acids is 1. The minimum Gasteiger partial charge on any atom is -0.497 e. The number of hydrogen-bond acceptors (Lipinski definition) is 3. The van der Waals surface area contributed by atoms with Crippen LogP contribution in [0.15, 0.2) is 42.5 Å². The van der Waals surface area contributed by atoms with Gasteiger partial charge in [0.05, 0.1) is 7.11 Å². The molecule has 1 N–H and O–H groups in total. The van der Waals surface area contributed by atoms with Crippen LogP contribution in [0.2, 0.25) is 0 Å². The second-order valence-electron chi connectivity index (χ2n) is 6.46. The van der Waals surface area contributed by atoms with E-state index in [2.05, 4.69) is 18.7 Å². The molecule has 2 aromatic rings. The lowest BCUT2D eigenvalue weighted by atomic mass is 9.71. The number of nitrogens with zero attached hydrogens (tertiary/aromatic N) is 1. The Morgan fingerprint density at radius 1 is 1.08 bits per heavy atom. The molecule has 0 aliphatic heterocycles. The third-order valence-electron chi connectivity index (χ3n) is 5.28. The van der Waals surface area contributed by atoms with Gasteiger partial charge in [0.15, 0.2) is 0 Å². The zero-order valence-corrected chi connectivity index (χ0v) is 16.4.